The van der Waals surface area contributed by atoms with Crippen molar-refractivity contribution in [3.63, 3.8) is 0 Å². The van der Waals surface area contributed by atoms with E-state index in [1.54, 1.807) is 7.11 Å². The van der Waals surface area contributed by atoms with Crippen molar-refractivity contribution in [3.8, 4) is 5.75 Å². The van der Waals surface area contributed by atoms with Crippen molar-refractivity contribution in [2.75, 3.05) is 44.1 Å². The molecule has 0 radical (unpaired) electrons. The molecule has 0 saturated heterocycles. The molecule has 0 amide bonds. The van der Waals surface area contributed by atoms with Gasteiger partial charge in [-0.15, -0.1) is 0 Å². The molecule has 1 aromatic rings. The molecule has 1 aromatic carbocycles. The van der Waals surface area contributed by atoms with Crippen LogP contribution in [-0.4, -0.2) is 40.3 Å². The van der Waals surface area contributed by atoms with Crippen LogP contribution in [-0.2, 0) is 0 Å². The van der Waals surface area contributed by atoms with Gasteiger partial charge in [0, 0.05) is 27.2 Å². The average Bonchev–Trinajstić information content (AvgIpc) is 2.32. The van der Waals surface area contributed by atoms with E-state index in [0.29, 0.717) is 12.6 Å². The van der Waals surface area contributed by atoms with E-state index in [9.17, 15) is 0 Å². The Morgan fingerprint density at radius 1 is 1.44 bits per heavy atom. The standard InChI is InChI=1S/C12H19N3O/c1-14-8-9(7-13)15(2)12-10(14)5-4-6-11(12)16-3/h4-6,9H,7-8,13H2,1-3H3. The topological polar surface area (TPSA) is 41.7 Å². The molecule has 1 aliphatic rings. The molecule has 0 aliphatic carbocycles. The zero-order chi connectivity index (χ0) is 11.7. The quantitative estimate of drug-likeness (QED) is 0.806. The first-order valence-corrected chi connectivity index (χ1v) is 5.50. The number of fused-ring (bicyclic) bond motifs is 1. The lowest BCUT2D eigenvalue weighted by Gasteiger charge is -2.41. The molecule has 0 spiro atoms. The maximum Gasteiger partial charge on any atom is 0.144 e. The van der Waals surface area contributed by atoms with Crippen LogP contribution in [0.2, 0.25) is 0 Å². The van der Waals surface area contributed by atoms with Gasteiger partial charge in [0.2, 0.25) is 0 Å². The summed E-state index contributed by atoms with van der Waals surface area (Å²) in [7, 11) is 5.87. The highest BCUT2D eigenvalue weighted by Crippen LogP contribution is 2.40. The number of para-hydroxylation sites is 1. The summed E-state index contributed by atoms with van der Waals surface area (Å²) in [6, 6.07) is 6.46. The van der Waals surface area contributed by atoms with Gasteiger partial charge >= 0.3 is 0 Å². The van der Waals surface area contributed by atoms with E-state index in [2.05, 4.69) is 30.0 Å². The van der Waals surface area contributed by atoms with E-state index < -0.39 is 0 Å². The Morgan fingerprint density at radius 3 is 2.81 bits per heavy atom. The number of methoxy groups -OCH3 is 1. The fourth-order valence-electron chi connectivity index (χ4n) is 2.29. The van der Waals surface area contributed by atoms with Gasteiger partial charge in [0.05, 0.1) is 18.8 Å². The van der Waals surface area contributed by atoms with E-state index in [0.717, 1.165) is 18.0 Å². The lowest BCUT2D eigenvalue weighted by molar-refractivity contribution is 0.412. The lowest BCUT2D eigenvalue weighted by atomic mass is 10.1. The van der Waals surface area contributed by atoms with Gasteiger partial charge in [-0.2, -0.15) is 0 Å². The van der Waals surface area contributed by atoms with E-state index in [4.69, 9.17) is 10.5 Å². The molecule has 2 N–H and O–H groups in total. The first kappa shape index (κ1) is 11.1. The Kier molecular flexibility index (Phi) is 2.92. The molecule has 1 aliphatic heterocycles. The van der Waals surface area contributed by atoms with Crippen LogP contribution < -0.4 is 20.3 Å². The van der Waals surface area contributed by atoms with Crippen molar-refractivity contribution >= 4 is 11.4 Å². The number of benzene rings is 1. The van der Waals surface area contributed by atoms with Crippen LogP contribution in [0.5, 0.6) is 5.75 Å². The van der Waals surface area contributed by atoms with Crippen molar-refractivity contribution in [3.05, 3.63) is 18.2 Å². The second kappa shape index (κ2) is 4.22. The van der Waals surface area contributed by atoms with E-state index in [-0.39, 0.29) is 0 Å². The minimum absolute atomic E-state index is 0.341. The number of anilines is 2. The molecule has 2 rings (SSSR count). The third-order valence-corrected chi connectivity index (χ3v) is 3.27. The smallest absolute Gasteiger partial charge is 0.144 e. The molecule has 4 heteroatoms. The van der Waals surface area contributed by atoms with Crippen LogP contribution >= 0.6 is 0 Å². The summed E-state index contributed by atoms with van der Waals surface area (Å²) in [6.07, 6.45) is 0. The van der Waals surface area contributed by atoms with Crippen molar-refractivity contribution < 1.29 is 4.74 Å². The average molecular weight is 221 g/mol. The summed E-state index contributed by atoms with van der Waals surface area (Å²) < 4.78 is 5.42. The SMILES string of the molecule is COc1cccc2c1N(C)C(CN)CN2C. The van der Waals surface area contributed by atoms with E-state index in [1.165, 1.54) is 5.69 Å². The number of likely N-dealkylation sites (N-methyl/N-ethyl adjacent to an activating group) is 2. The second-order valence-electron chi connectivity index (χ2n) is 4.21. The van der Waals surface area contributed by atoms with Gasteiger partial charge in [-0.3, -0.25) is 0 Å². The van der Waals surface area contributed by atoms with Crippen LogP contribution in [0.1, 0.15) is 0 Å². The number of ether oxygens (including phenoxy) is 1. The summed E-state index contributed by atoms with van der Waals surface area (Å²) in [5.41, 5.74) is 8.13. The summed E-state index contributed by atoms with van der Waals surface area (Å²) in [5.74, 6) is 0.907. The first-order valence-electron chi connectivity index (χ1n) is 5.50. The van der Waals surface area contributed by atoms with E-state index in [1.807, 2.05) is 12.1 Å². The molecule has 1 atom stereocenters. The Balaban J connectivity index is 2.50. The highest BCUT2D eigenvalue weighted by molar-refractivity contribution is 5.79. The zero-order valence-electron chi connectivity index (χ0n) is 10.1. The number of rotatable bonds is 2. The van der Waals surface area contributed by atoms with Crippen LogP contribution in [0.25, 0.3) is 0 Å². The molecular formula is C12H19N3O. The zero-order valence-corrected chi connectivity index (χ0v) is 10.1. The summed E-state index contributed by atoms with van der Waals surface area (Å²) in [4.78, 5) is 4.45. The number of hydrogen-bond acceptors (Lipinski definition) is 4. The van der Waals surface area contributed by atoms with E-state index >= 15 is 0 Å². The van der Waals surface area contributed by atoms with Gasteiger partial charge in [-0.05, 0) is 12.1 Å². The largest absolute Gasteiger partial charge is 0.495 e. The molecule has 0 fully saturated rings. The third kappa shape index (κ3) is 1.59. The number of hydrogen-bond donors (Lipinski definition) is 1. The molecule has 1 heterocycles. The van der Waals surface area contributed by atoms with Crippen molar-refractivity contribution in [2.24, 2.45) is 5.73 Å². The molecule has 0 aromatic heterocycles. The molecule has 0 saturated carbocycles. The van der Waals surface area contributed by atoms with Gasteiger partial charge in [0.25, 0.3) is 0 Å². The Bertz CT molecular complexity index is 381. The van der Waals surface area contributed by atoms with Crippen LogP contribution in [0.3, 0.4) is 0 Å². The van der Waals surface area contributed by atoms with Crippen molar-refractivity contribution in [1.82, 2.24) is 0 Å². The lowest BCUT2D eigenvalue weighted by Crippen LogP contribution is -2.49. The molecule has 16 heavy (non-hydrogen) atoms. The fraction of sp³-hybridized carbons (Fsp3) is 0.500. The Labute approximate surface area is 96.6 Å². The van der Waals surface area contributed by atoms with Crippen molar-refractivity contribution in [2.45, 2.75) is 6.04 Å². The molecule has 88 valence electrons. The first-order chi connectivity index (χ1) is 7.69. The van der Waals surface area contributed by atoms with Crippen LogP contribution in [0.4, 0.5) is 11.4 Å². The summed E-state index contributed by atoms with van der Waals surface area (Å²) >= 11 is 0. The Hall–Kier alpha value is -1.42. The Morgan fingerprint density at radius 2 is 2.19 bits per heavy atom. The fourth-order valence-corrected chi connectivity index (χ4v) is 2.29. The van der Waals surface area contributed by atoms with Gasteiger partial charge in [-0.25, -0.2) is 0 Å². The van der Waals surface area contributed by atoms with Gasteiger partial charge < -0.3 is 20.3 Å². The summed E-state index contributed by atoms with van der Waals surface area (Å²) in [5, 5.41) is 0. The van der Waals surface area contributed by atoms with Gasteiger partial charge in [0.15, 0.2) is 0 Å². The van der Waals surface area contributed by atoms with Gasteiger partial charge in [0.1, 0.15) is 11.4 Å². The molecule has 4 nitrogen and oxygen atoms in total. The second-order valence-corrected chi connectivity index (χ2v) is 4.21. The predicted molar refractivity (Wildman–Crippen MR) is 67.5 cm³/mol. The maximum atomic E-state index is 5.80. The number of nitrogens with zero attached hydrogens (tertiary/aromatic N) is 2. The van der Waals surface area contributed by atoms with Gasteiger partial charge in [-0.1, -0.05) is 6.07 Å². The van der Waals surface area contributed by atoms with Crippen LogP contribution in [0, 0.1) is 0 Å². The minimum atomic E-state index is 0.341. The highest BCUT2D eigenvalue weighted by atomic mass is 16.5. The minimum Gasteiger partial charge on any atom is -0.495 e. The normalized spacial score (nSPS) is 19.6. The third-order valence-electron chi connectivity index (χ3n) is 3.27. The number of nitrogens with two attached hydrogens (primary N) is 1. The van der Waals surface area contributed by atoms with Crippen LogP contribution in [0.15, 0.2) is 18.2 Å². The van der Waals surface area contributed by atoms with Crippen molar-refractivity contribution in [1.29, 1.82) is 0 Å². The highest BCUT2D eigenvalue weighted by Gasteiger charge is 2.27. The molecular weight excluding hydrogens is 202 g/mol. The summed E-state index contributed by atoms with van der Waals surface area (Å²) in [6.45, 7) is 1.60. The molecule has 1 unspecified atom stereocenters. The molecule has 0 bridgehead atoms. The monoisotopic (exact) mass is 221 g/mol. The maximum absolute atomic E-state index is 5.80. The predicted octanol–water partition coefficient (Wildman–Crippen LogP) is 0.908.